The molecular formula is C20H37N7O2. The number of nitrogens with zero attached hydrogens (tertiary/aromatic N) is 5. The third kappa shape index (κ3) is 7.81. The molecule has 164 valence electrons. The van der Waals surface area contributed by atoms with Crippen LogP contribution in [0, 0.1) is 0 Å². The Balaban J connectivity index is 1.54. The number of aromatic amines is 2. The van der Waals surface area contributed by atoms with E-state index in [4.69, 9.17) is 0 Å². The van der Waals surface area contributed by atoms with Crippen molar-refractivity contribution in [1.29, 1.82) is 0 Å². The van der Waals surface area contributed by atoms with Crippen LogP contribution in [0.5, 0.6) is 0 Å². The van der Waals surface area contributed by atoms with Crippen molar-refractivity contribution < 1.29 is 10.2 Å². The van der Waals surface area contributed by atoms with Gasteiger partial charge < -0.3 is 10.2 Å². The molecule has 2 atom stereocenters. The van der Waals surface area contributed by atoms with E-state index >= 15 is 0 Å². The van der Waals surface area contributed by atoms with E-state index in [2.05, 4.69) is 63.5 Å². The molecule has 2 unspecified atom stereocenters. The van der Waals surface area contributed by atoms with Crippen LogP contribution in [0.3, 0.4) is 0 Å². The summed E-state index contributed by atoms with van der Waals surface area (Å²) in [6.07, 6.45) is 8.41. The van der Waals surface area contributed by atoms with Crippen molar-refractivity contribution in [1.82, 2.24) is 35.8 Å². The first kappa shape index (κ1) is 23.4. The summed E-state index contributed by atoms with van der Waals surface area (Å²) in [6.45, 7) is 8.47. The van der Waals surface area contributed by atoms with Gasteiger partial charge in [-0.25, -0.2) is 10.1 Å². The smallest absolute Gasteiger partial charge is 0.154 e. The average Bonchev–Trinajstić information content (AvgIpc) is 3.35. The highest BCUT2D eigenvalue weighted by molar-refractivity contribution is 5.00. The first-order valence-corrected chi connectivity index (χ1v) is 10.7. The molecule has 0 aromatic carbocycles. The number of hydrogen-bond acceptors (Lipinski definition) is 7. The number of aliphatic hydroxyl groups excluding tert-OH is 2. The van der Waals surface area contributed by atoms with Crippen molar-refractivity contribution >= 4 is 0 Å². The van der Waals surface area contributed by atoms with Gasteiger partial charge in [-0.15, -0.1) is 5.10 Å². The topological polar surface area (TPSA) is 136 Å². The fourth-order valence-electron chi connectivity index (χ4n) is 3.65. The second kappa shape index (κ2) is 10.8. The second-order valence-electron chi connectivity index (χ2n) is 9.37. The molecule has 0 spiro atoms. The van der Waals surface area contributed by atoms with Crippen molar-refractivity contribution in [2.24, 2.45) is 0 Å². The van der Waals surface area contributed by atoms with E-state index in [9.17, 15) is 10.2 Å². The first-order chi connectivity index (χ1) is 13.7. The van der Waals surface area contributed by atoms with E-state index in [1.165, 1.54) is 6.33 Å². The van der Waals surface area contributed by atoms with Gasteiger partial charge in [0.1, 0.15) is 12.2 Å². The first-order valence-electron chi connectivity index (χ1n) is 10.7. The Morgan fingerprint density at radius 3 is 1.86 bits per heavy atom. The van der Waals surface area contributed by atoms with Gasteiger partial charge in [-0.3, -0.25) is 5.10 Å². The van der Waals surface area contributed by atoms with E-state index in [-0.39, 0.29) is 23.0 Å². The lowest BCUT2D eigenvalue weighted by Gasteiger charge is -2.22. The minimum atomic E-state index is -0.323. The highest BCUT2D eigenvalue weighted by Crippen LogP contribution is 2.27. The molecule has 0 aliphatic rings. The molecule has 2 aromatic rings. The highest BCUT2D eigenvalue weighted by atomic mass is 16.3. The Kier molecular flexibility index (Phi) is 8.70. The number of hydrogen-bond donors (Lipinski definition) is 4. The zero-order valence-corrected chi connectivity index (χ0v) is 18.2. The zero-order valence-electron chi connectivity index (χ0n) is 18.2. The molecule has 0 amide bonds. The lowest BCUT2D eigenvalue weighted by atomic mass is 9.85. The molecular weight excluding hydrogens is 370 g/mol. The maximum absolute atomic E-state index is 10.2. The Morgan fingerprint density at radius 2 is 1.38 bits per heavy atom. The number of tetrazole rings is 1. The van der Waals surface area contributed by atoms with E-state index < -0.39 is 0 Å². The standard InChI is InChI=1S/C20H37N7O2/c1-19(2,17-21-14-22-23-17)12-6-10-15(28)8-5-9-16(29)11-7-13-20(3,4)18-24-26-27-25-18/h14-16,28-29H,5-13H2,1-4H3,(H,21,22,23)(H,24,25,26,27). The normalized spacial score (nSPS) is 14.8. The van der Waals surface area contributed by atoms with Gasteiger partial charge in [0, 0.05) is 10.8 Å². The Morgan fingerprint density at radius 1 is 0.828 bits per heavy atom. The number of aromatic nitrogens is 7. The summed E-state index contributed by atoms with van der Waals surface area (Å²) in [5, 5.41) is 41.4. The van der Waals surface area contributed by atoms with Crippen LogP contribution < -0.4 is 0 Å². The molecule has 0 fully saturated rings. The van der Waals surface area contributed by atoms with Crippen LogP contribution in [0.15, 0.2) is 6.33 Å². The predicted octanol–water partition coefficient (Wildman–Crippen LogP) is 2.81. The average molecular weight is 408 g/mol. The fourth-order valence-corrected chi connectivity index (χ4v) is 3.65. The summed E-state index contributed by atoms with van der Waals surface area (Å²) in [4.78, 5) is 4.24. The Labute approximate surface area is 173 Å². The summed E-state index contributed by atoms with van der Waals surface area (Å²) >= 11 is 0. The largest absolute Gasteiger partial charge is 0.393 e. The SMILES string of the molecule is CC(C)(CCCC(O)CCCC(O)CCCC(C)(C)c1nnn[nH]1)c1ncn[nH]1. The van der Waals surface area contributed by atoms with Crippen LogP contribution in [-0.4, -0.2) is 58.2 Å². The fraction of sp³-hybridized carbons (Fsp3) is 0.850. The van der Waals surface area contributed by atoms with E-state index in [0.717, 1.165) is 69.4 Å². The molecule has 2 aromatic heterocycles. The third-order valence-electron chi connectivity index (χ3n) is 5.80. The zero-order chi connectivity index (χ0) is 21.3. The monoisotopic (exact) mass is 407 g/mol. The molecule has 9 nitrogen and oxygen atoms in total. The van der Waals surface area contributed by atoms with Gasteiger partial charge >= 0.3 is 0 Å². The van der Waals surface area contributed by atoms with Crippen molar-refractivity contribution in [3.05, 3.63) is 18.0 Å². The van der Waals surface area contributed by atoms with E-state index in [1.807, 2.05) is 0 Å². The highest BCUT2D eigenvalue weighted by Gasteiger charge is 2.25. The maximum Gasteiger partial charge on any atom is 0.154 e. The van der Waals surface area contributed by atoms with Crippen molar-refractivity contribution in [3.8, 4) is 0 Å². The van der Waals surface area contributed by atoms with Gasteiger partial charge in [-0.05, 0) is 68.2 Å². The van der Waals surface area contributed by atoms with Gasteiger partial charge in [0.15, 0.2) is 5.82 Å². The quantitative estimate of drug-likeness (QED) is 0.378. The number of H-pyrrole nitrogens is 2. The van der Waals surface area contributed by atoms with Crippen molar-refractivity contribution in [2.45, 2.75) is 109 Å². The number of rotatable bonds is 14. The van der Waals surface area contributed by atoms with Crippen molar-refractivity contribution in [2.75, 3.05) is 0 Å². The van der Waals surface area contributed by atoms with Crippen LogP contribution in [0.25, 0.3) is 0 Å². The molecule has 0 saturated carbocycles. The summed E-state index contributed by atoms with van der Waals surface area (Å²) in [6, 6.07) is 0. The molecule has 0 saturated heterocycles. The molecule has 2 heterocycles. The lowest BCUT2D eigenvalue weighted by molar-refractivity contribution is 0.119. The van der Waals surface area contributed by atoms with Crippen molar-refractivity contribution in [3.63, 3.8) is 0 Å². The van der Waals surface area contributed by atoms with Crippen LogP contribution in [-0.2, 0) is 10.8 Å². The summed E-state index contributed by atoms with van der Waals surface area (Å²) < 4.78 is 0. The molecule has 0 bridgehead atoms. The van der Waals surface area contributed by atoms with Crippen LogP contribution >= 0.6 is 0 Å². The van der Waals surface area contributed by atoms with Gasteiger partial charge in [-0.2, -0.15) is 5.10 Å². The minimum absolute atomic E-state index is 0.0675. The third-order valence-corrected chi connectivity index (χ3v) is 5.80. The van der Waals surface area contributed by atoms with Crippen LogP contribution in [0.4, 0.5) is 0 Å². The number of aliphatic hydroxyl groups is 2. The van der Waals surface area contributed by atoms with E-state index in [0.29, 0.717) is 0 Å². The minimum Gasteiger partial charge on any atom is -0.393 e. The lowest BCUT2D eigenvalue weighted by Crippen LogP contribution is -2.20. The molecule has 29 heavy (non-hydrogen) atoms. The number of nitrogens with one attached hydrogen (secondary N) is 2. The molecule has 2 rings (SSSR count). The summed E-state index contributed by atoms with van der Waals surface area (Å²) in [5.41, 5.74) is -0.194. The van der Waals surface area contributed by atoms with E-state index in [1.54, 1.807) is 0 Å². The van der Waals surface area contributed by atoms with Gasteiger partial charge in [0.25, 0.3) is 0 Å². The van der Waals surface area contributed by atoms with Crippen LogP contribution in [0.2, 0.25) is 0 Å². The predicted molar refractivity (Wildman–Crippen MR) is 110 cm³/mol. The van der Waals surface area contributed by atoms with Gasteiger partial charge in [0.05, 0.1) is 12.2 Å². The molecule has 9 heteroatoms. The molecule has 0 aliphatic carbocycles. The summed E-state index contributed by atoms with van der Waals surface area (Å²) in [5.74, 6) is 1.67. The summed E-state index contributed by atoms with van der Waals surface area (Å²) in [7, 11) is 0. The van der Waals surface area contributed by atoms with Crippen LogP contribution in [0.1, 0.15) is 97.1 Å². The second-order valence-corrected chi connectivity index (χ2v) is 9.37. The molecule has 0 aliphatic heterocycles. The Hall–Kier alpha value is -1.87. The van der Waals surface area contributed by atoms with Gasteiger partial charge in [0.2, 0.25) is 0 Å². The maximum atomic E-state index is 10.2. The van der Waals surface area contributed by atoms with Gasteiger partial charge in [-0.1, -0.05) is 27.7 Å². The molecule has 4 N–H and O–H groups in total. The molecule has 0 radical (unpaired) electrons. The Bertz CT molecular complexity index is 613.